The molecule has 4 heterocycles. The maximum atomic E-state index is 6.28. The average Bonchev–Trinajstić information content (AvgIpc) is 2.63. The van der Waals surface area contributed by atoms with E-state index >= 15 is 0 Å². The van der Waals surface area contributed by atoms with E-state index in [0.717, 1.165) is 58.0 Å². The van der Waals surface area contributed by atoms with E-state index in [2.05, 4.69) is 36.9 Å². The lowest BCUT2D eigenvalue weighted by Gasteiger charge is -2.48. The van der Waals surface area contributed by atoms with Crippen LogP contribution in [0.2, 0.25) is 0 Å². The maximum absolute atomic E-state index is 6.28. The number of hydrogen-bond acceptors (Lipinski definition) is 6. The van der Waals surface area contributed by atoms with E-state index in [9.17, 15) is 0 Å². The number of hydrogen-bond donors (Lipinski definition) is 0. The van der Waals surface area contributed by atoms with Crippen molar-refractivity contribution in [2.24, 2.45) is 0 Å². The summed E-state index contributed by atoms with van der Waals surface area (Å²) in [6.07, 6.45) is 11.3. The van der Waals surface area contributed by atoms with Crippen molar-refractivity contribution in [1.82, 2.24) is 19.9 Å². The quantitative estimate of drug-likeness (QED) is 0.857. The van der Waals surface area contributed by atoms with Crippen molar-refractivity contribution in [2.45, 2.75) is 25.0 Å². The molecule has 24 heavy (non-hydrogen) atoms. The van der Waals surface area contributed by atoms with Crippen molar-refractivity contribution in [3.8, 4) is 0 Å². The Labute approximate surface area is 142 Å². The SMILES string of the molecule is c1cc(CN2CCOC3(CCCN(c4cnccn4)C3)C2)ccn1. The number of morpholine rings is 1. The molecule has 0 amide bonds. The largest absolute Gasteiger partial charge is 0.370 e. The highest BCUT2D eigenvalue weighted by molar-refractivity contribution is 5.36. The molecule has 126 valence electrons. The zero-order valence-corrected chi connectivity index (χ0v) is 13.8. The Morgan fingerprint density at radius 2 is 1.96 bits per heavy atom. The monoisotopic (exact) mass is 325 g/mol. The van der Waals surface area contributed by atoms with Gasteiger partial charge < -0.3 is 9.64 Å². The highest BCUT2D eigenvalue weighted by Crippen LogP contribution is 2.31. The van der Waals surface area contributed by atoms with Gasteiger partial charge in [-0.2, -0.15) is 0 Å². The van der Waals surface area contributed by atoms with Crippen LogP contribution in [0, 0.1) is 0 Å². The smallest absolute Gasteiger partial charge is 0.147 e. The predicted octanol–water partition coefficient (Wildman–Crippen LogP) is 1.74. The fourth-order valence-corrected chi connectivity index (χ4v) is 3.80. The zero-order valence-electron chi connectivity index (χ0n) is 13.8. The molecule has 1 spiro atoms. The molecule has 2 aromatic heterocycles. The summed E-state index contributed by atoms with van der Waals surface area (Å²) >= 11 is 0. The third-order valence-corrected chi connectivity index (χ3v) is 4.90. The van der Waals surface area contributed by atoms with Gasteiger partial charge in [-0.25, -0.2) is 4.98 Å². The molecule has 1 unspecified atom stereocenters. The second-order valence-electron chi connectivity index (χ2n) is 6.69. The van der Waals surface area contributed by atoms with Gasteiger partial charge in [-0.15, -0.1) is 0 Å². The number of anilines is 1. The Morgan fingerprint density at radius 1 is 1.04 bits per heavy atom. The van der Waals surface area contributed by atoms with Crippen molar-refractivity contribution in [1.29, 1.82) is 0 Å². The summed E-state index contributed by atoms with van der Waals surface area (Å²) in [5.41, 5.74) is 1.21. The van der Waals surface area contributed by atoms with Crippen LogP contribution in [-0.2, 0) is 11.3 Å². The lowest BCUT2D eigenvalue weighted by atomic mass is 9.90. The molecule has 6 nitrogen and oxygen atoms in total. The third-order valence-electron chi connectivity index (χ3n) is 4.90. The van der Waals surface area contributed by atoms with Gasteiger partial charge in [-0.05, 0) is 30.5 Å². The molecule has 0 N–H and O–H groups in total. The molecule has 2 aliphatic heterocycles. The first-order valence-electron chi connectivity index (χ1n) is 8.59. The Bertz CT molecular complexity index is 649. The molecule has 1 atom stereocenters. The number of nitrogens with zero attached hydrogens (tertiary/aromatic N) is 5. The molecule has 0 radical (unpaired) electrons. The molecule has 4 rings (SSSR count). The Morgan fingerprint density at radius 3 is 2.79 bits per heavy atom. The van der Waals surface area contributed by atoms with Crippen LogP contribution >= 0.6 is 0 Å². The molecular weight excluding hydrogens is 302 g/mol. The zero-order chi connectivity index (χ0) is 16.2. The summed E-state index contributed by atoms with van der Waals surface area (Å²) in [6, 6.07) is 4.18. The first-order chi connectivity index (χ1) is 11.8. The lowest BCUT2D eigenvalue weighted by molar-refractivity contribution is -0.116. The van der Waals surface area contributed by atoms with E-state index in [1.165, 1.54) is 5.56 Å². The fraction of sp³-hybridized carbons (Fsp3) is 0.500. The van der Waals surface area contributed by atoms with Crippen molar-refractivity contribution in [3.63, 3.8) is 0 Å². The number of aromatic nitrogens is 3. The van der Waals surface area contributed by atoms with Gasteiger partial charge in [-0.3, -0.25) is 14.9 Å². The summed E-state index contributed by atoms with van der Waals surface area (Å²) in [5, 5.41) is 0. The summed E-state index contributed by atoms with van der Waals surface area (Å²) in [7, 11) is 0. The summed E-state index contributed by atoms with van der Waals surface area (Å²) in [4.78, 5) is 17.6. The van der Waals surface area contributed by atoms with Crippen LogP contribution in [0.3, 0.4) is 0 Å². The average molecular weight is 325 g/mol. The van der Waals surface area contributed by atoms with Gasteiger partial charge in [0.25, 0.3) is 0 Å². The van der Waals surface area contributed by atoms with E-state index < -0.39 is 0 Å². The second-order valence-corrected chi connectivity index (χ2v) is 6.69. The molecule has 2 fully saturated rings. The number of ether oxygens (including phenoxy) is 1. The van der Waals surface area contributed by atoms with Crippen LogP contribution in [0.1, 0.15) is 18.4 Å². The second kappa shape index (κ2) is 6.83. The van der Waals surface area contributed by atoms with E-state index in [4.69, 9.17) is 4.74 Å². The van der Waals surface area contributed by atoms with Crippen LogP contribution in [0.15, 0.2) is 43.1 Å². The van der Waals surface area contributed by atoms with E-state index in [1.54, 1.807) is 12.4 Å². The summed E-state index contributed by atoms with van der Waals surface area (Å²) < 4.78 is 6.28. The van der Waals surface area contributed by atoms with Crippen molar-refractivity contribution in [2.75, 3.05) is 37.7 Å². The lowest BCUT2D eigenvalue weighted by Crippen LogP contribution is -2.59. The number of rotatable bonds is 3. The van der Waals surface area contributed by atoms with Gasteiger partial charge in [0.1, 0.15) is 5.82 Å². The number of pyridine rings is 1. The van der Waals surface area contributed by atoms with Gasteiger partial charge in [0.05, 0.1) is 18.4 Å². The van der Waals surface area contributed by atoms with Gasteiger partial charge >= 0.3 is 0 Å². The molecule has 0 bridgehead atoms. The molecule has 0 aromatic carbocycles. The number of piperidine rings is 1. The van der Waals surface area contributed by atoms with Crippen LogP contribution in [0.4, 0.5) is 5.82 Å². The normalized spacial score (nSPS) is 25.1. The van der Waals surface area contributed by atoms with Gasteiger partial charge in [-0.1, -0.05) is 0 Å². The molecule has 6 heteroatoms. The fourth-order valence-electron chi connectivity index (χ4n) is 3.80. The van der Waals surface area contributed by atoms with Crippen LogP contribution in [0.25, 0.3) is 0 Å². The van der Waals surface area contributed by atoms with E-state index in [0.29, 0.717) is 0 Å². The van der Waals surface area contributed by atoms with Gasteiger partial charge in [0.15, 0.2) is 0 Å². The van der Waals surface area contributed by atoms with E-state index in [1.807, 2.05) is 18.6 Å². The Hall–Kier alpha value is -2.05. The summed E-state index contributed by atoms with van der Waals surface area (Å²) in [5.74, 6) is 0.950. The first kappa shape index (κ1) is 15.5. The van der Waals surface area contributed by atoms with Gasteiger partial charge in [0, 0.05) is 57.5 Å². The molecule has 2 aliphatic rings. The van der Waals surface area contributed by atoms with Crippen LogP contribution in [-0.4, -0.2) is 58.2 Å². The van der Waals surface area contributed by atoms with Crippen molar-refractivity contribution < 1.29 is 4.74 Å². The topological polar surface area (TPSA) is 54.4 Å². The summed E-state index contributed by atoms with van der Waals surface area (Å²) in [6.45, 7) is 5.60. The minimum Gasteiger partial charge on any atom is -0.370 e. The van der Waals surface area contributed by atoms with Crippen molar-refractivity contribution >= 4 is 5.82 Å². The van der Waals surface area contributed by atoms with Crippen molar-refractivity contribution in [3.05, 3.63) is 48.7 Å². The molecular formula is C18H23N5O. The molecule has 2 saturated heterocycles. The highest BCUT2D eigenvalue weighted by Gasteiger charge is 2.40. The maximum Gasteiger partial charge on any atom is 0.147 e. The predicted molar refractivity (Wildman–Crippen MR) is 91.7 cm³/mol. The van der Waals surface area contributed by atoms with Crippen LogP contribution < -0.4 is 4.90 Å². The van der Waals surface area contributed by atoms with Crippen LogP contribution in [0.5, 0.6) is 0 Å². The molecule has 2 aromatic rings. The Kier molecular flexibility index (Phi) is 4.40. The Balaban J connectivity index is 1.45. The van der Waals surface area contributed by atoms with E-state index in [-0.39, 0.29) is 5.60 Å². The first-order valence-corrected chi connectivity index (χ1v) is 8.59. The third kappa shape index (κ3) is 3.39. The van der Waals surface area contributed by atoms with Gasteiger partial charge in [0.2, 0.25) is 0 Å². The molecule has 0 aliphatic carbocycles. The highest BCUT2D eigenvalue weighted by atomic mass is 16.5. The molecule has 0 saturated carbocycles. The minimum absolute atomic E-state index is 0.0962. The minimum atomic E-state index is -0.0962. The standard InChI is InChI=1S/C18H23N5O/c1-4-18(15-23(9-1)17-12-20-7-8-21-17)14-22(10-11-24-18)13-16-2-5-19-6-3-16/h2-3,5-8,12H,1,4,9-11,13-15H2.